The molecule has 2 aliphatic rings. The second-order valence-electron chi connectivity index (χ2n) is 5.00. The van der Waals surface area contributed by atoms with Gasteiger partial charge < -0.3 is 0 Å². The zero-order valence-electron chi connectivity index (χ0n) is 10.2. The number of hydrogen-bond donors (Lipinski definition) is 0. The number of benzene rings is 1. The van der Waals surface area contributed by atoms with Gasteiger partial charge >= 0.3 is 0 Å². The summed E-state index contributed by atoms with van der Waals surface area (Å²) in [6, 6.07) is 7.67. The van der Waals surface area contributed by atoms with Gasteiger partial charge in [0.15, 0.2) is 0 Å². The highest BCUT2D eigenvalue weighted by molar-refractivity contribution is 8.02. The van der Waals surface area contributed by atoms with Crippen molar-refractivity contribution in [3.63, 3.8) is 0 Å². The topological polar surface area (TPSA) is 20.3 Å². The number of halogens is 1. The van der Waals surface area contributed by atoms with Gasteiger partial charge in [-0.05, 0) is 31.0 Å². The number of amides is 1. The van der Waals surface area contributed by atoms with Crippen molar-refractivity contribution in [1.82, 2.24) is 0 Å². The minimum atomic E-state index is 0.0000154. The van der Waals surface area contributed by atoms with E-state index in [1.165, 1.54) is 19.3 Å². The molecule has 96 valence electrons. The van der Waals surface area contributed by atoms with Gasteiger partial charge in [0.1, 0.15) is 0 Å². The van der Waals surface area contributed by atoms with Crippen LogP contribution in [0.5, 0.6) is 0 Å². The van der Waals surface area contributed by atoms with Gasteiger partial charge in [-0.3, -0.25) is 9.69 Å². The molecule has 0 radical (unpaired) electrons. The van der Waals surface area contributed by atoms with Crippen molar-refractivity contribution in [3.8, 4) is 0 Å². The Morgan fingerprint density at radius 3 is 2.72 bits per heavy atom. The lowest BCUT2D eigenvalue weighted by atomic mass is 9.93. The third kappa shape index (κ3) is 2.04. The van der Waals surface area contributed by atoms with Gasteiger partial charge in [0.25, 0.3) is 0 Å². The molecule has 1 saturated heterocycles. The van der Waals surface area contributed by atoms with Crippen LogP contribution in [0.1, 0.15) is 32.1 Å². The molecule has 0 N–H and O–H groups in total. The first kappa shape index (κ1) is 12.4. The van der Waals surface area contributed by atoms with Gasteiger partial charge in [0.2, 0.25) is 5.91 Å². The Hall–Kier alpha value is -0.670. The third-order valence-electron chi connectivity index (χ3n) is 3.82. The van der Waals surface area contributed by atoms with Crippen molar-refractivity contribution in [3.05, 3.63) is 29.3 Å². The Morgan fingerprint density at radius 2 is 2.00 bits per heavy atom. The molecular formula is C14H16ClNOS. The summed E-state index contributed by atoms with van der Waals surface area (Å²) < 4.78 is 0. The van der Waals surface area contributed by atoms with Crippen LogP contribution in [0.4, 0.5) is 5.69 Å². The minimum absolute atomic E-state index is 0.0000154. The molecule has 1 saturated carbocycles. The summed E-state index contributed by atoms with van der Waals surface area (Å²) in [4.78, 5) is 14.2. The fraction of sp³-hybridized carbons (Fsp3) is 0.500. The molecule has 1 heterocycles. The first-order chi connectivity index (χ1) is 8.71. The molecule has 0 aromatic heterocycles. The SMILES string of the molecule is O=C1CSC2(CCCCC2)N1c1cccc(Cl)c1. The molecule has 1 amide bonds. The van der Waals surface area contributed by atoms with Crippen LogP contribution in [0.15, 0.2) is 24.3 Å². The third-order valence-corrected chi connectivity index (χ3v) is 5.58. The molecule has 1 aliphatic carbocycles. The Morgan fingerprint density at radius 1 is 1.22 bits per heavy atom. The lowest BCUT2D eigenvalue weighted by Gasteiger charge is -2.40. The smallest absolute Gasteiger partial charge is 0.238 e. The molecule has 2 nitrogen and oxygen atoms in total. The predicted octanol–water partition coefficient (Wildman–Crippen LogP) is 4.08. The number of carbonyl (C=O) groups is 1. The predicted molar refractivity (Wildman–Crippen MR) is 77.2 cm³/mol. The van der Waals surface area contributed by atoms with Crippen LogP contribution in [-0.2, 0) is 4.79 Å². The Balaban J connectivity index is 1.99. The molecule has 1 aliphatic heterocycles. The van der Waals surface area contributed by atoms with E-state index < -0.39 is 0 Å². The van der Waals surface area contributed by atoms with Crippen LogP contribution in [0.2, 0.25) is 5.02 Å². The molecule has 18 heavy (non-hydrogen) atoms. The number of anilines is 1. The second kappa shape index (κ2) is 4.78. The molecule has 0 unspecified atom stereocenters. The number of thioether (sulfide) groups is 1. The van der Waals surface area contributed by atoms with E-state index in [-0.39, 0.29) is 10.8 Å². The summed E-state index contributed by atoms with van der Waals surface area (Å²) in [7, 11) is 0. The average molecular weight is 282 g/mol. The summed E-state index contributed by atoms with van der Waals surface area (Å²) >= 11 is 7.87. The quantitative estimate of drug-likeness (QED) is 0.773. The van der Waals surface area contributed by atoms with E-state index in [2.05, 4.69) is 0 Å². The zero-order valence-corrected chi connectivity index (χ0v) is 11.8. The Kier molecular flexibility index (Phi) is 3.29. The van der Waals surface area contributed by atoms with Crippen molar-refractivity contribution >= 4 is 35.0 Å². The van der Waals surface area contributed by atoms with E-state index in [4.69, 9.17) is 11.6 Å². The maximum Gasteiger partial charge on any atom is 0.238 e. The minimum Gasteiger partial charge on any atom is -0.296 e. The molecule has 1 aromatic rings. The first-order valence-electron chi connectivity index (χ1n) is 6.44. The Labute approximate surface area is 117 Å². The molecule has 4 heteroatoms. The van der Waals surface area contributed by atoms with Gasteiger partial charge in [0, 0.05) is 10.7 Å². The summed E-state index contributed by atoms with van der Waals surface area (Å²) in [6.07, 6.45) is 5.94. The largest absolute Gasteiger partial charge is 0.296 e. The van der Waals surface area contributed by atoms with Crippen LogP contribution >= 0.6 is 23.4 Å². The number of hydrogen-bond acceptors (Lipinski definition) is 2. The van der Waals surface area contributed by atoms with E-state index in [0.29, 0.717) is 10.8 Å². The van der Waals surface area contributed by atoms with Crippen LogP contribution < -0.4 is 4.90 Å². The highest BCUT2D eigenvalue weighted by Gasteiger charge is 2.47. The van der Waals surface area contributed by atoms with Gasteiger partial charge in [0.05, 0.1) is 10.6 Å². The normalized spacial score (nSPS) is 22.7. The molecule has 1 spiro atoms. The van der Waals surface area contributed by atoms with E-state index in [1.807, 2.05) is 40.9 Å². The van der Waals surface area contributed by atoms with Crippen LogP contribution in [-0.4, -0.2) is 16.5 Å². The second-order valence-corrected chi connectivity index (χ2v) is 6.78. The molecule has 2 fully saturated rings. The standard InChI is InChI=1S/C14H16ClNOS/c15-11-5-4-6-12(9-11)16-13(17)10-18-14(16)7-2-1-3-8-14/h4-6,9H,1-3,7-8,10H2. The van der Waals surface area contributed by atoms with Gasteiger partial charge in [-0.25, -0.2) is 0 Å². The summed E-state index contributed by atoms with van der Waals surface area (Å²) in [5, 5.41) is 0.697. The summed E-state index contributed by atoms with van der Waals surface area (Å²) in [5.41, 5.74) is 0.958. The van der Waals surface area contributed by atoms with Crippen molar-refractivity contribution < 1.29 is 4.79 Å². The molecular weight excluding hydrogens is 266 g/mol. The lowest BCUT2D eigenvalue weighted by molar-refractivity contribution is -0.116. The molecule has 1 aromatic carbocycles. The molecule has 0 bridgehead atoms. The van der Waals surface area contributed by atoms with Crippen molar-refractivity contribution in [1.29, 1.82) is 0 Å². The molecule has 3 rings (SSSR count). The van der Waals surface area contributed by atoms with Crippen LogP contribution in [0, 0.1) is 0 Å². The van der Waals surface area contributed by atoms with Crippen LogP contribution in [0.25, 0.3) is 0 Å². The molecule has 0 atom stereocenters. The van der Waals surface area contributed by atoms with E-state index in [1.54, 1.807) is 0 Å². The van der Waals surface area contributed by atoms with Gasteiger partial charge in [-0.1, -0.05) is 36.9 Å². The van der Waals surface area contributed by atoms with Gasteiger partial charge in [-0.2, -0.15) is 0 Å². The van der Waals surface area contributed by atoms with E-state index in [0.717, 1.165) is 18.5 Å². The Bertz CT molecular complexity index is 471. The highest BCUT2D eigenvalue weighted by Crippen LogP contribution is 2.49. The van der Waals surface area contributed by atoms with E-state index in [9.17, 15) is 4.79 Å². The fourth-order valence-electron chi connectivity index (χ4n) is 3.02. The summed E-state index contributed by atoms with van der Waals surface area (Å²) in [5.74, 6) is 0.830. The highest BCUT2D eigenvalue weighted by atomic mass is 35.5. The average Bonchev–Trinajstić information content (AvgIpc) is 2.67. The van der Waals surface area contributed by atoms with E-state index >= 15 is 0 Å². The maximum atomic E-state index is 12.2. The summed E-state index contributed by atoms with van der Waals surface area (Å²) in [6.45, 7) is 0. The monoisotopic (exact) mass is 281 g/mol. The number of carbonyl (C=O) groups excluding carboxylic acids is 1. The van der Waals surface area contributed by atoms with Crippen molar-refractivity contribution in [2.24, 2.45) is 0 Å². The van der Waals surface area contributed by atoms with Crippen molar-refractivity contribution in [2.45, 2.75) is 37.0 Å². The maximum absolute atomic E-state index is 12.2. The van der Waals surface area contributed by atoms with Crippen LogP contribution in [0.3, 0.4) is 0 Å². The van der Waals surface area contributed by atoms with Gasteiger partial charge in [-0.15, -0.1) is 11.8 Å². The number of nitrogens with zero attached hydrogens (tertiary/aromatic N) is 1. The first-order valence-corrected chi connectivity index (χ1v) is 7.80. The lowest BCUT2D eigenvalue weighted by Crippen LogP contribution is -2.45. The van der Waals surface area contributed by atoms with Crippen molar-refractivity contribution in [2.75, 3.05) is 10.7 Å². The fourth-order valence-corrected chi connectivity index (χ4v) is 4.64. The zero-order chi connectivity index (χ0) is 12.6. The number of rotatable bonds is 1.